The number of hydrogen-bond acceptors (Lipinski definition) is 3. The van der Waals surface area contributed by atoms with Crippen LogP contribution in [0.4, 0.5) is 13.2 Å². The number of nitrogens with one attached hydrogen (secondary N) is 1. The first-order chi connectivity index (χ1) is 16.2. The smallest absolute Gasteiger partial charge is 0.274 e. The zero-order valence-corrected chi connectivity index (χ0v) is 22.3. The maximum Gasteiger partial charge on any atom is 0.516 e. The van der Waals surface area contributed by atoms with Crippen LogP contribution in [0.1, 0.15) is 155 Å². The minimum absolute atomic E-state index is 0.200. The van der Waals surface area contributed by atoms with Crippen LogP contribution in [0, 0.1) is 0 Å². The van der Waals surface area contributed by atoms with Crippen molar-refractivity contribution in [1.82, 2.24) is 4.72 Å². The van der Waals surface area contributed by atoms with Gasteiger partial charge >= 0.3 is 15.5 Å². The van der Waals surface area contributed by atoms with Gasteiger partial charge < -0.3 is 0 Å². The van der Waals surface area contributed by atoms with Gasteiger partial charge in [-0.3, -0.25) is 4.79 Å². The van der Waals surface area contributed by atoms with Crippen molar-refractivity contribution in [3.63, 3.8) is 0 Å². The maximum absolute atomic E-state index is 12.2. The molecule has 0 aliphatic heterocycles. The molecule has 204 valence electrons. The van der Waals surface area contributed by atoms with E-state index in [0.717, 1.165) is 30.4 Å². The summed E-state index contributed by atoms with van der Waals surface area (Å²) in [6.45, 7) is 2.26. The molecule has 4 nitrogen and oxygen atoms in total. The number of sulfonamides is 1. The molecule has 0 aromatic heterocycles. The molecule has 0 radical (unpaired) electrons. The fourth-order valence-corrected chi connectivity index (χ4v) is 4.67. The second-order valence-electron chi connectivity index (χ2n) is 9.65. The summed E-state index contributed by atoms with van der Waals surface area (Å²) in [4.78, 5) is 11.3. The fourth-order valence-electron chi connectivity index (χ4n) is 4.15. The van der Waals surface area contributed by atoms with E-state index in [4.69, 9.17) is 0 Å². The molecule has 0 spiro atoms. The van der Waals surface area contributed by atoms with E-state index in [2.05, 4.69) is 6.92 Å². The molecule has 0 atom stereocenters. The van der Waals surface area contributed by atoms with Gasteiger partial charge in [0, 0.05) is 6.42 Å². The molecular weight excluding hydrogens is 463 g/mol. The number of alkyl halides is 3. The minimum atomic E-state index is -5.57. The summed E-state index contributed by atoms with van der Waals surface area (Å²) >= 11 is 0. The Labute approximate surface area is 207 Å². The Balaban J connectivity index is 3.27. The van der Waals surface area contributed by atoms with E-state index in [1.165, 1.54) is 109 Å². The Bertz CT molecular complexity index is 580. The van der Waals surface area contributed by atoms with Crippen molar-refractivity contribution in [2.75, 3.05) is 0 Å². The van der Waals surface area contributed by atoms with Gasteiger partial charge in [0.1, 0.15) is 0 Å². The van der Waals surface area contributed by atoms with Crippen molar-refractivity contribution < 1.29 is 26.4 Å². The van der Waals surface area contributed by atoms with Crippen LogP contribution in [0.15, 0.2) is 0 Å². The topological polar surface area (TPSA) is 63.2 Å². The molecule has 0 unspecified atom stereocenters. The molecule has 1 N–H and O–H groups in total. The monoisotopic (exact) mass is 513 g/mol. The van der Waals surface area contributed by atoms with Crippen LogP contribution in [0.3, 0.4) is 0 Å². The first-order valence-corrected chi connectivity index (χ1v) is 15.3. The lowest BCUT2D eigenvalue weighted by molar-refractivity contribution is -0.120. The largest absolute Gasteiger partial charge is 0.516 e. The summed E-state index contributed by atoms with van der Waals surface area (Å²) in [6, 6.07) is 0. The van der Waals surface area contributed by atoms with E-state index in [-0.39, 0.29) is 6.42 Å². The highest BCUT2D eigenvalue weighted by atomic mass is 32.2. The molecule has 0 aliphatic carbocycles. The van der Waals surface area contributed by atoms with E-state index in [9.17, 15) is 26.4 Å². The quantitative estimate of drug-likeness (QED) is 0.131. The molecule has 0 aromatic carbocycles. The van der Waals surface area contributed by atoms with E-state index in [1.54, 1.807) is 0 Å². The Hall–Kier alpha value is -0.790. The third kappa shape index (κ3) is 20.6. The SMILES string of the molecule is CCCCCCCCCCCCCCCCCCCCCCCCC(=O)NS(=O)(=O)C(F)(F)F. The maximum atomic E-state index is 12.2. The average molecular weight is 514 g/mol. The fraction of sp³-hybridized carbons (Fsp3) is 0.962. The summed E-state index contributed by atoms with van der Waals surface area (Å²) in [5, 5.41) is 0. The summed E-state index contributed by atoms with van der Waals surface area (Å²) in [6.07, 6.45) is 27.1. The first kappa shape index (κ1) is 33.2. The van der Waals surface area contributed by atoms with Crippen LogP contribution in [-0.2, 0) is 14.8 Å². The molecule has 0 saturated heterocycles. The molecule has 0 aromatic rings. The Morgan fingerprint density at radius 1 is 0.559 bits per heavy atom. The van der Waals surface area contributed by atoms with Crippen molar-refractivity contribution in [2.45, 2.75) is 160 Å². The number of halogens is 3. The molecule has 0 bridgehead atoms. The van der Waals surface area contributed by atoms with Crippen molar-refractivity contribution in [1.29, 1.82) is 0 Å². The average Bonchev–Trinajstić information content (AvgIpc) is 2.76. The Morgan fingerprint density at radius 3 is 1.09 bits per heavy atom. The van der Waals surface area contributed by atoms with Crippen LogP contribution in [0.25, 0.3) is 0 Å². The van der Waals surface area contributed by atoms with Gasteiger partial charge in [-0.2, -0.15) is 21.6 Å². The molecule has 0 heterocycles. The first-order valence-electron chi connectivity index (χ1n) is 13.8. The van der Waals surface area contributed by atoms with Crippen molar-refractivity contribution in [3.8, 4) is 0 Å². The van der Waals surface area contributed by atoms with Gasteiger partial charge in [0.05, 0.1) is 0 Å². The van der Waals surface area contributed by atoms with E-state index < -0.39 is 21.4 Å². The molecule has 8 heteroatoms. The predicted octanol–water partition coefficient (Wildman–Crippen LogP) is 8.94. The highest BCUT2D eigenvalue weighted by Gasteiger charge is 2.46. The zero-order chi connectivity index (χ0) is 25.5. The van der Waals surface area contributed by atoms with Gasteiger partial charge in [-0.25, -0.2) is 4.72 Å². The Morgan fingerprint density at radius 2 is 0.824 bits per heavy atom. The van der Waals surface area contributed by atoms with Crippen molar-refractivity contribution >= 4 is 15.9 Å². The van der Waals surface area contributed by atoms with Gasteiger partial charge in [0.2, 0.25) is 5.91 Å². The van der Waals surface area contributed by atoms with E-state index in [0.29, 0.717) is 6.42 Å². The number of rotatable bonds is 24. The molecule has 34 heavy (non-hydrogen) atoms. The predicted molar refractivity (Wildman–Crippen MR) is 135 cm³/mol. The third-order valence-electron chi connectivity index (χ3n) is 6.31. The van der Waals surface area contributed by atoms with Crippen LogP contribution in [-0.4, -0.2) is 19.8 Å². The molecule has 0 rings (SSSR count). The van der Waals surface area contributed by atoms with E-state index in [1.807, 2.05) is 0 Å². The van der Waals surface area contributed by atoms with Crippen LogP contribution in [0.5, 0.6) is 0 Å². The lowest BCUT2D eigenvalue weighted by atomic mass is 10.0. The van der Waals surface area contributed by atoms with Gasteiger partial charge in [-0.05, 0) is 6.42 Å². The van der Waals surface area contributed by atoms with Crippen molar-refractivity contribution in [2.24, 2.45) is 0 Å². The minimum Gasteiger partial charge on any atom is -0.274 e. The number of carbonyl (C=O) groups excluding carboxylic acids is 1. The van der Waals surface area contributed by atoms with Crippen LogP contribution >= 0.6 is 0 Å². The molecule has 0 fully saturated rings. The molecule has 0 saturated carbocycles. The molecular formula is C26H50F3NO3S. The van der Waals surface area contributed by atoms with E-state index >= 15 is 0 Å². The van der Waals surface area contributed by atoms with Crippen LogP contribution in [0.2, 0.25) is 0 Å². The standard InChI is InChI=1S/C26H50F3NO3S/c1-2-3-4-5-6-7-8-9-10-11-12-13-14-15-16-17-18-19-20-21-22-23-24-25(31)30-34(32,33)26(27,28)29/h2-24H2,1H3,(H,30,31). The lowest BCUT2D eigenvalue weighted by Gasteiger charge is -2.09. The summed E-state index contributed by atoms with van der Waals surface area (Å²) in [5.74, 6) is -1.09. The number of carbonyl (C=O) groups is 1. The van der Waals surface area contributed by atoms with Crippen LogP contribution < -0.4 is 4.72 Å². The second kappa shape index (κ2) is 21.5. The number of unbranched alkanes of at least 4 members (excludes halogenated alkanes) is 21. The van der Waals surface area contributed by atoms with Gasteiger partial charge in [-0.1, -0.05) is 142 Å². The molecule has 1 amide bonds. The second-order valence-corrected chi connectivity index (χ2v) is 11.3. The third-order valence-corrected chi connectivity index (χ3v) is 7.42. The summed E-state index contributed by atoms with van der Waals surface area (Å²) < 4.78 is 59.3. The highest BCUT2D eigenvalue weighted by molar-refractivity contribution is 7.90. The zero-order valence-electron chi connectivity index (χ0n) is 21.5. The molecule has 0 aliphatic rings. The summed E-state index contributed by atoms with van der Waals surface area (Å²) in [7, 11) is -5.57. The van der Waals surface area contributed by atoms with Gasteiger partial charge in [0.15, 0.2) is 0 Å². The lowest BCUT2D eigenvalue weighted by Crippen LogP contribution is -2.40. The normalized spacial score (nSPS) is 12.2. The Kier molecular flexibility index (Phi) is 21.0. The number of amides is 1. The summed E-state index contributed by atoms with van der Waals surface area (Å²) in [5.41, 5.74) is -5.45. The highest BCUT2D eigenvalue weighted by Crippen LogP contribution is 2.22. The van der Waals surface area contributed by atoms with Gasteiger partial charge in [0.25, 0.3) is 0 Å². The van der Waals surface area contributed by atoms with Crippen molar-refractivity contribution in [3.05, 3.63) is 0 Å². The number of hydrogen-bond donors (Lipinski definition) is 1. The van der Waals surface area contributed by atoms with Gasteiger partial charge in [-0.15, -0.1) is 0 Å².